The molecule has 1 N–H and O–H groups in total. The smallest absolute Gasteiger partial charge is 0.148 e. The molecule has 0 bridgehead atoms. The second-order valence-corrected chi connectivity index (χ2v) is 4.01. The van der Waals surface area contributed by atoms with Crippen molar-refractivity contribution in [3.05, 3.63) is 12.3 Å². The zero-order valence-corrected chi connectivity index (χ0v) is 7.97. The third-order valence-electron chi connectivity index (χ3n) is 1.95. The van der Waals surface area contributed by atoms with Gasteiger partial charge in [0.25, 0.3) is 0 Å². The van der Waals surface area contributed by atoms with Crippen LogP contribution in [0.1, 0.15) is 6.92 Å². The summed E-state index contributed by atoms with van der Waals surface area (Å²) in [6, 6.07) is 2.68. The molecule has 1 aliphatic rings. The van der Waals surface area contributed by atoms with Crippen molar-refractivity contribution in [1.82, 2.24) is 9.78 Å². The van der Waals surface area contributed by atoms with Gasteiger partial charge in [0.2, 0.25) is 0 Å². The van der Waals surface area contributed by atoms with Gasteiger partial charge in [-0.1, -0.05) is 0 Å². The molecule has 1 aromatic rings. The first-order valence-corrected chi connectivity index (χ1v) is 5.41. The zero-order valence-electron chi connectivity index (χ0n) is 7.16. The summed E-state index contributed by atoms with van der Waals surface area (Å²) in [4.78, 5) is 0. The van der Waals surface area contributed by atoms with Crippen LogP contribution in [0, 0.1) is 0 Å². The third-order valence-corrected chi connectivity index (χ3v) is 3.23. The van der Waals surface area contributed by atoms with Crippen LogP contribution in [0.15, 0.2) is 12.3 Å². The number of aryl methyl sites for hydroxylation is 1. The first-order chi connectivity index (χ1) is 5.88. The molecule has 2 rings (SSSR count). The van der Waals surface area contributed by atoms with Gasteiger partial charge in [-0.3, -0.25) is 4.68 Å². The van der Waals surface area contributed by atoms with Crippen LogP contribution < -0.4 is 5.32 Å². The van der Waals surface area contributed by atoms with E-state index in [1.165, 1.54) is 11.5 Å². The fourth-order valence-electron chi connectivity index (χ4n) is 1.14. The number of nitrogens with zero attached hydrogens (tertiary/aromatic N) is 2. The van der Waals surface area contributed by atoms with E-state index < -0.39 is 0 Å². The Hall–Kier alpha value is -0.640. The molecule has 0 spiro atoms. The molecule has 1 aromatic heterocycles. The molecule has 3 nitrogen and oxygen atoms in total. The van der Waals surface area contributed by atoms with Crippen molar-refractivity contribution < 1.29 is 0 Å². The number of nitrogens with one attached hydrogen (secondary N) is 1. The summed E-state index contributed by atoms with van der Waals surface area (Å²) in [5.41, 5.74) is 0. The summed E-state index contributed by atoms with van der Waals surface area (Å²) in [5.74, 6) is 3.46. The van der Waals surface area contributed by atoms with Crippen LogP contribution in [-0.2, 0) is 6.54 Å². The normalized spacial score (nSPS) is 17.4. The molecule has 4 heteroatoms. The van der Waals surface area contributed by atoms with E-state index in [-0.39, 0.29) is 0 Å². The Morgan fingerprint density at radius 2 is 2.58 bits per heavy atom. The average molecular weight is 183 g/mol. The summed E-state index contributed by atoms with van der Waals surface area (Å²) in [5, 5.41) is 7.73. The molecule has 0 amide bonds. The van der Waals surface area contributed by atoms with Crippen molar-refractivity contribution >= 4 is 17.6 Å². The Bertz CT molecular complexity index is 255. The molecular formula is C8H13N3S. The quantitative estimate of drug-likeness (QED) is 0.769. The molecule has 2 heterocycles. The standard InChI is InChI=1S/C8H13N3S/c1-2-11-4-3-8(10-11)9-7-5-12-6-7/h3-4,7H,2,5-6H2,1H3,(H,9,10). The van der Waals surface area contributed by atoms with E-state index in [1.54, 1.807) is 0 Å². The van der Waals surface area contributed by atoms with E-state index in [9.17, 15) is 0 Å². The zero-order chi connectivity index (χ0) is 8.39. The predicted molar refractivity (Wildman–Crippen MR) is 52.6 cm³/mol. The Morgan fingerprint density at radius 3 is 3.08 bits per heavy atom. The van der Waals surface area contributed by atoms with Crippen LogP contribution in [0.3, 0.4) is 0 Å². The summed E-state index contributed by atoms with van der Waals surface area (Å²) in [6.07, 6.45) is 2.01. The lowest BCUT2D eigenvalue weighted by Crippen LogP contribution is -2.33. The van der Waals surface area contributed by atoms with Gasteiger partial charge in [0, 0.05) is 36.4 Å². The molecule has 0 atom stereocenters. The first-order valence-electron chi connectivity index (χ1n) is 4.26. The fourth-order valence-corrected chi connectivity index (χ4v) is 1.78. The Balaban J connectivity index is 1.93. The molecule has 12 heavy (non-hydrogen) atoms. The van der Waals surface area contributed by atoms with Crippen molar-refractivity contribution in [2.45, 2.75) is 19.5 Å². The molecule has 0 saturated carbocycles. The SMILES string of the molecule is CCn1ccc(NC2CSC2)n1. The number of thioether (sulfide) groups is 1. The second-order valence-electron chi connectivity index (χ2n) is 2.94. The first kappa shape index (κ1) is 7.98. The Labute approximate surface area is 76.5 Å². The van der Waals surface area contributed by atoms with E-state index in [0.29, 0.717) is 6.04 Å². The molecule has 66 valence electrons. The molecular weight excluding hydrogens is 170 g/mol. The van der Waals surface area contributed by atoms with Crippen molar-refractivity contribution in [2.75, 3.05) is 16.8 Å². The van der Waals surface area contributed by atoms with Gasteiger partial charge < -0.3 is 5.32 Å². The maximum atomic E-state index is 4.35. The lowest BCUT2D eigenvalue weighted by Gasteiger charge is -2.25. The minimum atomic E-state index is 0.648. The van der Waals surface area contributed by atoms with Crippen LogP contribution in [0.5, 0.6) is 0 Å². The van der Waals surface area contributed by atoms with Crippen LogP contribution in [0.2, 0.25) is 0 Å². The van der Waals surface area contributed by atoms with Gasteiger partial charge in [0.1, 0.15) is 5.82 Å². The number of aromatic nitrogens is 2. The summed E-state index contributed by atoms with van der Waals surface area (Å²) in [6.45, 7) is 3.04. The maximum absolute atomic E-state index is 4.35. The number of hydrogen-bond acceptors (Lipinski definition) is 3. The van der Waals surface area contributed by atoms with Gasteiger partial charge in [-0.15, -0.1) is 0 Å². The summed E-state index contributed by atoms with van der Waals surface area (Å²) >= 11 is 1.98. The van der Waals surface area contributed by atoms with Gasteiger partial charge in [-0.2, -0.15) is 16.9 Å². The van der Waals surface area contributed by atoms with Gasteiger partial charge in [-0.05, 0) is 6.92 Å². The van der Waals surface area contributed by atoms with Crippen molar-refractivity contribution in [3.8, 4) is 0 Å². The molecule has 0 radical (unpaired) electrons. The molecule has 0 aliphatic carbocycles. The minimum Gasteiger partial charge on any atom is -0.364 e. The summed E-state index contributed by atoms with van der Waals surface area (Å²) < 4.78 is 1.94. The van der Waals surface area contributed by atoms with Gasteiger partial charge in [0.15, 0.2) is 0 Å². The van der Waals surface area contributed by atoms with E-state index in [1.807, 2.05) is 28.7 Å². The second kappa shape index (κ2) is 3.39. The van der Waals surface area contributed by atoms with Crippen LogP contribution >= 0.6 is 11.8 Å². The van der Waals surface area contributed by atoms with Crippen LogP contribution in [-0.4, -0.2) is 27.3 Å². The molecule has 0 unspecified atom stereocenters. The lowest BCUT2D eigenvalue weighted by atomic mass is 10.4. The fraction of sp³-hybridized carbons (Fsp3) is 0.625. The van der Waals surface area contributed by atoms with Crippen LogP contribution in [0.25, 0.3) is 0 Å². The molecule has 1 aliphatic heterocycles. The average Bonchev–Trinajstić information content (AvgIpc) is 2.44. The molecule has 1 saturated heterocycles. The largest absolute Gasteiger partial charge is 0.364 e. The van der Waals surface area contributed by atoms with Crippen molar-refractivity contribution in [1.29, 1.82) is 0 Å². The third kappa shape index (κ3) is 1.58. The highest BCUT2D eigenvalue weighted by molar-refractivity contribution is 8.00. The number of hydrogen-bond donors (Lipinski definition) is 1. The highest BCUT2D eigenvalue weighted by Crippen LogP contribution is 2.20. The monoisotopic (exact) mass is 183 g/mol. The minimum absolute atomic E-state index is 0.648. The van der Waals surface area contributed by atoms with Gasteiger partial charge in [0.05, 0.1) is 0 Å². The van der Waals surface area contributed by atoms with E-state index in [4.69, 9.17) is 0 Å². The van der Waals surface area contributed by atoms with Crippen molar-refractivity contribution in [3.63, 3.8) is 0 Å². The highest BCUT2D eigenvalue weighted by atomic mass is 32.2. The number of rotatable bonds is 3. The van der Waals surface area contributed by atoms with Gasteiger partial charge in [-0.25, -0.2) is 0 Å². The lowest BCUT2D eigenvalue weighted by molar-refractivity contribution is 0.659. The van der Waals surface area contributed by atoms with E-state index in [2.05, 4.69) is 17.3 Å². The summed E-state index contributed by atoms with van der Waals surface area (Å²) in [7, 11) is 0. The predicted octanol–water partition coefficient (Wildman–Crippen LogP) is 1.43. The number of anilines is 1. The van der Waals surface area contributed by atoms with Crippen molar-refractivity contribution in [2.24, 2.45) is 0 Å². The maximum Gasteiger partial charge on any atom is 0.148 e. The highest BCUT2D eigenvalue weighted by Gasteiger charge is 2.17. The van der Waals surface area contributed by atoms with E-state index in [0.717, 1.165) is 12.4 Å². The van der Waals surface area contributed by atoms with Gasteiger partial charge >= 0.3 is 0 Å². The van der Waals surface area contributed by atoms with E-state index >= 15 is 0 Å². The Kier molecular flexibility index (Phi) is 2.26. The molecule has 0 aromatic carbocycles. The molecule has 1 fully saturated rings. The topological polar surface area (TPSA) is 29.9 Å². The van der Waals surface area contributed by atoms with Crippen LogP contribution in [0.4, 0.5) is 5.82 Å². The Morgan fingerprint density at radius 1 is 1.75 bits per heavy atom.